The van der Waals surface area contributed by atoms with Crippen LogP contribution in [0.1, 0.15) is 10.4 Å². The van der Waals surface area contributed by atoms with Gasteiger partial charge < -0.3 is 9.47 Å². The van der Waals surface area contributed by atoms with E-state index >= 15 is 0 Å². The third-order valence-corrected chi connectivity index (χ3v) is 4.20. The molecule has 0 bridgehead atoms. The van der Waals surface area contributed by atoms with Crippen molar-refractivity contribution in [3.8, 4) is 11.5 Å². The number of ether oxygens (including phenoxy) is 2. The number of benzene rings is 2. The Morgan fingerprint density at radius 2 is 1.88 bits per heavy atom. The van der Waals surface area contributed by atoms with Crippen molar-refractivity contribution >= 4 is 32.6 Å². The lowest BCUT2D eigenvalue weighted by atomic mass is 10.2. The lowest BCUT2D eigenvalue weighted by molar-refractivity contribution is 0.0962. The smallest absolute Gasteiger partial charge is 0.269 e. The van der Waals surface area contributed by atoms with Crippen LogP contribution in [-0.4, -0.2) is 25.1 Å². The Hall–Kier alpha value is -2.87. The lowest BCUT2D eigenvalue weighted by Gasteiger charge is -2.09. The molecular formula is C16H14FN3O3S. The number of hydrogen-bond acceptors (Lipinski definition) is 6. The standard InChI is InChI=1S/C16H14FN3O3S/c1-22-10-6-9(7-11(8-10)23-2)15(21)19-20-16-18-14-12(17)4-3-5-13(14)24-16/h3-8H,1-2H3,(H,18,20)(H,19,21). The van der Waals surface area contributed by atoms with Gasteiger partial charge in [-0.2, -0.15) is 0 Å². The van der Waals surface area contributed by atoms with Gasteiger partial charge in [0.15, 0.2) is 0 Å². The number of rotatable bonds is 5. The maximum Gasteiger partial charge on any atom is 0.269 e. The Bertz CT molecular complexity index is 875. The number of halogens is 1. The van der Waals surface area contributed by atoms with Gasteiger partial charge in [0.2, 0.25) is 5.13 Å². The minimum Gasteiger partial charge on any atom is -0.497 e. The minimum atomic E-state index is -0.402. The molecular weight excluding hydrogens is 333 g/mol. The summed E-state index contributed by atoms with van der Waals surface area (Å²) in [6, 6.07) is 9.54. The third kappa shape index (κ3) is 3.23. The zero-order valence-corrected chi connectivity index (χ0v) is 13.7. The first-order valence-electron chi connectivity index (χ1n) is 6.95. The van der Waals surface area contributed by atoms with E-state index in [1.807, 2.05) is 0 Å². The van der Waals surface area contributed by atoms with E-state index in [1.165, 1.54) is 31.6 Å². The molecule has 2 N–H and O–H groups in total. The van der Waals surface area contributed by atoms with Gasteiger partial charge >= 0.3 is 0 Å². The highest BCUT2D eigenvalue weighted by Gasteiger charge is 2.12. The molecule has 1 amide bonds. The molecule has 0 fully saturated rings. The normalized spacial score (nSPS) is 10.5. The van der Waals surface area contributed by atoms with Crippen LogP contribution in [0.3, 0.4) is 0 Å². The van der Waals surface area contributed by atoms with E-state index in [0.29, 0.717) is 26.9 Å². The first-order valence-corrected chi connectivity index (χ1v) is 7.77. The molecule has 0 saturated carbocycles. The molecule has 0 spiro atoms. The molecule has 0 unspecified atom stereocenters. The van der Waals surface area contributed by atoms with Crippen LogP contribution in [0, 0.1) is 5.82 Å². The van der Waals surface area contributed by atoms with Crippen LogP contribution in [0.4, 0.5) is 9.52 Å². The number of nitrogens with zero attached hydrogens (tertiary/aromatic N) is 1. The van der Waals surface area contributed by atoms with Crippen LogP contribution < -0.4 is 20.3 Å². The number of hydrazine groups is 1. The number of amides is 1. The summed E-state index contributed by atoms with van der Waals surface area (Å²) in [6.07, 6.45) is 0. The van der Waals surface area contributed by atoms with Crippen molar-refractivity contribution in [2.24, 2.45) is 0 Å². The Kier molecular flexibility index (Phi) is 4.48. The molecule has 3 rings (SSSR count). The number of para-hydroxylation sites is 1. The first-order chi connectivity index (χ1) is 11.6. The van der Waals surface area contributed by atoms with Crippen LogP contribution in [0.2, 0.25) is 0 Å². The van der Waals surface area contributed by atoms with E-state index in [1.54, 1.807) is 30.3 Å². The quantitative estimate of drug-likeness (QED) is 0.694. The second-order valence-electron chi connectivity index (χ2n) is 4.79. The highest BCUT2D eigenvalue weighted by atomic mass is 32.1. The van der Waals surface area contributed by atoms with E-state index < -0.39 is 11.7 Å². The number of nitrogens with one attached hydrogen (secondary N) is 2. The van der Waals surface area contributed by atoms with Crippen LogP contribution in [-0.2, 0) is 0 Å². The van der Waals surface area contributed by atoms with Gasteiger partial charge in [0.25, 0.3) is 5.91 Å². The van der Waals surface area contributed by atoms with Gasteiger partial charge in [0, 0.05) is 11.6 Å². The predicted molar refractivity (Wildman–Crippen MR) is 90.2 cm³/mol. The average Bonchev–Trinajstić information content (AvgIpc) is 3.03. The minimum absolute atomic E-state index is 0.266. The van der Waals surface area contributed by atoms with Crippen molar-refractivity contribution in [3.05, 3.63) is 47.8 Å². The van der Waals surface area contributed by atoms with Gasteiger partial charge in [-0.05, 0) is 24.3 Å². The molecule has 124 valence electrons. The number of fused-ring (bicyclic) bond motifs is 1. The number of carbonyl (C=O) groups is 1. The second kappa shape index (κ2) is 6.71. The average molecular weight is 347 g/mol. The summed E-state index contributed by atoms with van der Waals surface area (Å²) in [5.41, 5.74) is 5.84. The SMILES string of the molecule is COc1cc(OC)cc(C(=O)NNc2nc3c(F)cccc3s2)c1. The molecule has 0 radical (unpaired) electrons. The fourth-order valence-electron chi connectivity index (χ4n) is 2.09. The maximum atomic E-state index is 13.6. The van der Waals surface area contributed by atoms with E-state index in [-0.39, 0.29) is 5.52 Å². The molecule has 24 heavy (non-hydrogen) atoms. The summed E-state index contributed by atoms with van der Waals surface area (Å²) in [7, 11) is 3.01. The Morgan fingerprint density at radius 3 is 2.50 bits per heavy atom. The van der Waals surface area contributed by atoms with Crippen molar-refractivity contribution in [1.82, 2.24) is 10.4 Å². The zero-order chi connectivity index (χ0) is 17.1. The summed E-state index contributed by atoms with van der Waals surface area (Å²) in [4.78, 5) is 16.4. The molecule has 2 aromatic carbocycles. The summed E-state index contributed by atoms with van der Waals surface area (Å²) < 4.78 is 24.6. The monoisotopic (exact) mass is 347 g/mol. The van der Waals surface area contributed by atoms with Gasteiger partial charge in [0.1, 0.15) is 22.8 Å². The van der Waals surface area contributed by atoms with Gasteiger partial charge in [-0.25, -0.2) is 9.37 Å². The fourth-order valence-corrected chi connectivity index (χ4v) is 2.92. The van der Waals surface area contributed by atoms with Crippen molar-refractivity contribution < 1.29 is 18.7 Å². The fraction of sp³-hybridized carbons (Fsp3) is 0.125. The van der Waals surface area contributed by atoms with Gasteiger partial charge in [0.05, 0.1) is 18.9 Å². The molecule has 0 aliphatic carbocycles. The summed E-state index contributed by atoms with van der Waals surface area (Å²) in [5.74, 6) is 0.204. The Morgan fingerprint density at radius 1 is 1.17 bits per heavy atom. The molecule has 0 saturated heterocycles. The van der Waals surface area contributed by atoms with Crippen molar-refractivity contribution in [2.75, 3.05) is 19.6 Å². The number of aromatic nitrogens is 1. The largest absolute Gasteiger partial charge is 0.497 e. The van der Waals surface area contributed by atoms with E-state index in [2.05, 4.69) is 15.8 Å². The topological polar surface area (TPSA) is 72.5 Å². The zero-order valence-electron chi connectivity index (χ0n) is 12.9. The van der Waals surface area contributed by atoms with E-state index in [0.717, 1.165) is 0 Å². The second-order valence-corrected chi connectivity index (χ2v) is 5.82. The predicted octanol–water partition coefficient (Wildman–Crippen LogP) is 3.21. The molecule has 8 heteroatoms. The van der Waals surface area contributed by atoms with Crippen molar-refractivity contribution in [1.29, 1.82) is 0 Å². The third-order valence-electron chi connectivity index (χ3n) is 3.27. The highest BCUT2D eigenvalue weighted by molar-refractivity contribution is 7.22. The van der Waals surface area contributed by atoms with Crippen LogP contribution in [0.5, 0.6) is 11.5 Å². The number of thiazole rings is 1. The summed E-state index contributed by atoms with van der Waals surface area (Å²) >= 11 is 1.24. The van der Waals surface area contributed by atoms with E-state index in [4.69, 9.17) is 9.47 Å². The maximum absolute atomic E-state index is 13.6. The molecule has 6 nitrogen and oxygen atoms in total. The number of hydrogen-bond donors (Lipinski definition) is 2. The van der Waals surface area contributed by atoms with Crippen LogP contribution in [0.25, 0.3) is 10.2 Å². The van der Waals surface area contributed by atoms with Crippen molar-refractivity contribution in [3.63, 3.8) is 0 Å². The van der Waals surface area contributed by atoms with E-state index in [9.17, 15) is 9.18 Å². The lowest BCUT2D eigenvalue weighted by Crippen LogP contribution is -2.29. The molecule has 1 aromatic heterocycles. The summed E-state index contributed by atoms with van der Waals surface area (Å²) in [6.45, 7) is 0. The molecule has 1 heterocycles. The number of carbonyl (C=O) groups excluding carboxylic acids is 1. The van der Waals surface area contributed by atoms with Gasteiger partial charge in [-0.1, -0.05) is 17.4 Å². The number of anilines is 1. The number of methoxy groups -OCH3 is 2. The van der Waals surface area contributed by atoms with Gasteiger partial charge in [-0.15, -0.1) is 0 Å². The van der Waals surface area contributed by atoms with Crippen molar-refractivity contribution in [2.45, 2.75) is 0 Å². The Labute approximate surface area is 141 Å². The van der Waals surface area contributed by atoms with Crippen LogP contribution >= 0.6 is 11.3 Å². The van der Waals surface area contributed by atoms with Gasteiger partial charge in [-0.3, -0.25) is 15.6 Å². The molecule has 0 atom stereocenters. The molecule has 0 aliphatic heterocycles. The first kappa shape index (κ1) is 16.0. The Balaban J connectivity index is 1.76. The van der Waals surface area contributed by atoms with Crippen LogP contribution in [0.15, 0.2) is 36.4 Å². The highest BCUT2D eigenvalue weighted by Crippen LogP contribution is 2.27. The molecule has 0 aliphatic rings. The summed E-state index contributed by atoms with van der Waals surface area (Å²) in [5, 5.41) is 0.387. The molecule has 3 aromatic rings.